The molecule has 2 amide bonds. The fraction of sp³-hybridized carbons (Fsp3) is 0.333. The second-order valence-corrected chi connectivity index (χ2v) is 12.6. The SMILES string of the molecule is CC[C@H](C)NC(=O)[C@@H](Cc1ccccc1)N(Cc1ccc(Cl)cc1)C(=O)CN(c1ccc(C)c(Cl)c1)S(C)(=O)=O. The van der Waals surface area contributed by atoms with Crippen molar-refractivity contribution in [3.05, 3.63) is 99.5 Å². The number of nitrogens with one attached hydrogen (secondary N) is 1. The Kier molecular flexibility index (Phi) is 11.0. The van der Waals surface area contributed by atoms with Gasteiger partial charge in [-0.25, -0.2) is 8.42 Å². The van der Waals surface area contributed by atoms with Crippen LogP contribution in [0.3, 0.4) is 0 Å². The Balaban J connectivity index is 2.06. The molecule has 0 fully saturated rings. The lowest BCUT2D eigenvalue weighted by Crippen LogP contribution is -2.54. The zero-order chi connectivity index (χ0) is 29.4. The van der Waals surface area contributed by atoms with Crippen molar-refractivity contribution in [2.45, 2.75) is 52.2 Å². The number of nitrogens with zero attached hydrogens (tertiary/aromatic N) is 2. The third-order valence-electron chi connectivity index (χ3n) is 6.66. The van der Waals surface area contributed by atoms with Crippen LogP contribution in [0.5, 0.6) is 0 Å². The fourth-order valence-electron chi connectivity index (χ4n) is 4.13. The first-order valence-electron chi connectivity index (χ1n) is 13.0. The Morgan fingerprint density at radius 1 is 0.950 bits per heavy atom. The molecule has 0 aliphatic heterocycles. The van der Waals surface area contributed by atoms with Gasteiger partial charge in [0.2, 0.25) is 21.8 Å². The molecule has 0 aliphatic carbocycles. The lowest BCUT2D eigenvalue weighted by molar-refractivity contribution is -0.140. The highest BCUT2D eigenvalue weighted by Crippen LogP contribution is 2.26. The number of aryl methyl sites for hydroxylation is 1. The molecular formula is C30H35Cl2N3O4S. The number of halogens is 2. The first-order chi connectivity index (χ1) is 18.9. The minimum absolute atomic E-state index is 0.0771. The molecule has 0 radical (unpaired) electrons. The molecule has 0 aromatic heterocycles. The molecule has 2 atom stereocenters. The van der Waals surface area contributed by atoms with Crippen molar-refractivity contribution in [3.8, 4) is 0 Å². The number of hydrogen-bond donors (Lipinski definition) is 1. The van der Waals surface area contributed by atoms with E-state index in [0.717, 1.165) is 27.3 Å². The number of anilines is 1. The van der Waals surface area contributed by atoms with Gasteiger partial charge in [0.25, 0.3) is 0 Å². The van der Waals surface area contributed by atoms with Crippen LogP contribution in [0.2, 0.25) is 10.0 Å². The topological polar surface area (TPSA) is 86.8 Å². The predicted octanol–water partition coefficient (Wildman–Crippen LogP) is 5.62. The van der Waals surface area contributed by atoms with Crippen molar-refractivity contribution in [1.82, 2.24) is 10.2 Å². The summed E-state index contributed by atoms with van der Waals surface area (Å²) in [6.45, 7) is 5.24. The van der Waals surface area contributed by atoms with Crippen molar-refractivity contribution in [1.29, 1.82) is 0 Å². The number of benzene rings is 3. The summed E-state index contributed by atoms with van der Waals surface area (Å²) in [4.78, 5) is 29.2. The molecule has 3 rings (SSSR count). The molecule has 0 unspecified atom stereocenters. The molecule has 0 saturated heterocycles. The minimum atomic E-state index is -3.87. The maximum atomic E-state index is 14.1. The normalized spacial score (nSPS) is 12.8. The first-order valence-corrected chi connectivity index (χ1v) is 15.6. The van der Waals surface area contributed by atoms with Gasteiger partial charge >= 0.3 is 0 Å². The van der Waals surface area contributed by atoms with E-state index < -0.39 is 28.5 Å². The highest BCUT2D eigenvalue weighted by atomic mass is 35.5. The van der Waals surface area contributed by atoms with Crippen LogP contribution in [0.25, 0.3) is 0 Å². The van der Waals surface area contributed by atoms with E-state index in [9.17, 15) is 18.0 Å². The van der Waals surface area contributed by atoms with Crippen molar-refractivity contribution in [2.24, 2.45) is 0 Å². The van der Waals surface area contributed by atoms with Gasteiger partial charge in [-0.3, -0.25) is 13.9 Å². The fourth-order valence-corrected chi connectivity index (χ4v) is 5.27. The van der Waals surface area contributed by atoms with Crippen LogP contribution in [-0.4, -0.2) is 50.0 Å². The quantitative estimate of drug-likeness (QED) is 0.291. The van der Waals surface area contributed by atoms with Gasteiger partial charge < -0.3 is 10.2 Å². The molecule has 214 valence electrons. The van der Waals surface area contributed by atoms with Gasteiger partial charge in [-0.15, -0.1) is 0 Å². The lowest BCUT2D eigenvalue weighted by atomic mass is 10.0. The summed E-state index contributed by atoms with van der Waals surface area (Å²) in [5, 5.41) is 3.93. The van der Waals surface area contributed by atoms with Crippen LogP contribution < -0.4 is 9.62 Å². The Hall–Kier alpha value is -3.07. The molecule has 3 aromatic rings. The van der Waals surface area contributed by atoms with E-state index in [1.165, 1.54) is 11.0 Å². The summed E-state index contributed by atoms with van der Waals surface area (Å²) in [6.07, 6.45) is 2.00. The lowest BCUT2D eigenvalue weighted by Gasteiger charge is -2.34. The molecule has 0 aliphatic rings. The van der Waals surface area contributed by atoms with Gasteiger partial charge in [0.15, 0.2) is 0 Å². The van der Waals surface area contributed by atoms with Crippen LogP contribution in [0.1, 0.15) is 37.0 Å². The summed E-state index contributed by atoms with van der Waals surface area (Å²) < 4.78 is 26.8. The van der Waals surface area contributed by atoms with Gasteiger partial charge in [-0.2, -0.15) is 0 Å². The molecule has 1 N–H and O–H groups in total. The number of carbonyl (C=O) groups is 2. The smallest absolute Gasteiger partial charge is 0.244 e. The average Bonchev–Trinajstić information content (AvgIpc) is 2.91. The monoisotopic (exact) mass is 603 g/mol. The summed E-state index contributed by atoms with van der Waals surface area (Å²) in [5.41, 5.74) is 2.66. The maximum absolute atomic E-state index is 14.1. The van der Waals surface area contributed by atoms with Gasteiger partial charge in [0, 0.05) is 29.1 Å². The highest BCUT2D eigenvalue weighted by Gasteiger charge is 2.33. The summed E-state index contributed by atoms with van der Waals surface area (Å²) in [5.74, 6) is -0.845. The van der Waals surface area contributed by atoms with Gasteiger partial charge in [-0.1, -0.05) is 78.7 Å². The molecule has 7 nitrogen and oxygen atoms in total. The molecule has 0 spiro atoms. The van der Waals surface area contributed by atoms with Crippen LogP contribution in [0.15, 0.2) is 72.8 Å². The molecule has 40 heavy (non-hydrogen) atoms. The predicted molar refractivity (Wildman–Crippen MR) is 162 cm³/mol. The number of sulfonamides is 1. The maximum Gasteiger partial charge on any atom is 0.244 e. The minimum Gasteiger partial charge on any atom is -0.352 e. The second kappa shape index (κ2) is 14.0. The van der Waals surface area contributed by atoms with E-state index in [-0.39, 0.29) is 30.6 Å². The molecule has 10 heteroatoms. The third kappa shape index (κ3) is 8.71. The van der Waals surface area contributed by atoms with Crippen LogP contribution >= 0.6 is 23.2 Å². The highest BCUT2D eigenvalue weighted by molar-refractivity contribution is 7.92. The number of rotatable bonds is 12. The van der Waals surface area contributed by atoms with Crippen molar-refractivity contribution in [2.75, 3.05) is 17.1 Å². The Morgan fingerprint density at radius 2 is 1.60 bits per heavy atom. The largest absolute Gasteiger partial charge is 0.352 e. The summed E-state index contributed by atoms with van der Waals surface area (Å²) >= 11 is 12.4. The van der Waals surface area contributed by atoms with Gasteiger partial charge in [0.05, 0.1) is 11.9 Å². The number of amides is 2. The van der Waals surface area contributed by atoms with E-state index in [1.807, 2.05) is 44.2 Å². The molecule has 0 saturated carbocycles. The standard InChI is InChI=1S/C30H35Cl2N3O4S/c1-5-22(3)33-30(37)28(17-23-9-7-6-8-10-23)34(19-24-12-14-25(31)15-13-24)29(36)20-35(40(4,38)39)26-16-11-21(2)27(32)18-26/h6-16,18,22,28H,5,17,19-20H2,1-4H3,(H,33,37)/t22-,28+/m0/s1. The molecular weight excluding hydrogens is 569 g/mol. The van der Waals surface area contributed by atoms with E-state index in [2.05, 4.69) is 5.32 Å². The van der Waals surface area contributed by atoms with E-state index in [1.54, 1.807) is 43.3 Å². The van der Waals surface area contributed by atoms with Crippen molar-refractivity contribution < 1.29 is 18.0 Å². The van der Waals surface area contributed by atoms with E-state index in [4.69, 9.17) is 23.2 Å². The number of carbonyl (C=O) groups excluding carboxylic acids is 2. The Morgan fingerprint density at radius 3 is 2.17 bits per heavy atom. The average molecular weight is 605 g/mol. The first kappa shape index (κ1) is 31.5. The van der Waals surface area contributed by atoms with Crippen molar-refractivity contribution >= 4 is 50.7 Å². The van der Waals surface area contributed by atoms with Crippen molar-refractivity contribution in [3.63, 3.8) is 0 Å². The van der Waals surface area contributed by atoms with Gasteiger partial charge in [0.1, 0.15) is 12.6 Å². The zero-order valence-corrected chi connectivity index (χ0v) is 25.4. The number of hydrogen-bond acceptors (Lipinski definition) is 4. The van der Waals surface area contributed by atoms with Crippen LogP contribution in [-0.2, 0) is 32.6 Å². The zero-order valence-electron chi connectivity index (χ0n) is 23.1. The van der Waals surface area contributed by atoms with Crippen LogP contribution in [0, 0.1) is 6.92 Å². The Bertz CT molecular complexity index is 1420. The van der Waals surface area contributed by atoms with E-state index in [0.29, 0.717) is 16.5 Å². The molecule has 0 bridgehead atoms. The second-order valence-electron chi connectivity index (χ2n) is 9.87. The Labute approximate surface area is 247 Å². The van der Waals surface area contributed by atoms with E-state index >= 15 is 0 Å². The molecule has 3 aromatic carbocycles. The van der Waals surface area contributed by atoms with Gasteiger partial charge in [-0.05, 0) is 61.2 Å². The molecule has 0 heterocycles. The third-order valence-corrected chi connectivity index (χ3v) is 8.46. The van der Waals surface area contributed by atoms with Crippen LogP contribution in [0.4, 0.5) is 5.69 Å². The summed E-state index contributed by atoms with van der Waals surface area (Å²) in [7, 11) is -3.87. The summed E-state index contributed by atoms with van der Waals surface area (Å²) in [6, 6.07) is 20.2.